The zero-order valence-electron chi connectivity index (χ0n) is 13.2. The van der Waals surface area contributed by atoms with Crippen LogP contribution in [0.15, 0.2) is 0 Å². The molecular formula is C10H24N2S8. The third kappa shape index (κ3) is 10.3. The second kappa shape index (κ2) is 12.8. The maximum Gasteiger partial charge on any atom is 0.0864 e. The minimum Gasteiger partial charge on any atom is -0.270 e. The van der Waals surface area contributed by atoms with E-state index >= 15 is 0 Å². The molecule has 0 saturated heterocycles. The van der Waals surface area contributed by atoms with Crippen LogP contribution in [0.2, 0.25) is 0 Å². The van der Waals surface area contributed by atoms with Crippen molar-refractivity contribution in [2.45, 2.75) is 0 Å². The molecule has 10 heteroatoms. The van der Waals surface area contributed by atoms with Crippen LogP contribution < -0.4 is 0 Å². The fourth-order valence-electron chi connectivity index (χ4n) is 1.12. The van der Waals surface area contributed by atoms with Gasteiger partial charge in [0.15, 0.2) is 0 Å². The van der Waals surface area contributed by atoms with Gasteiger partial charge in [0.25, 0.3) is 0 Å². The van der Waals surface area contributed by atoms with E-state index in [0.717, 1.165) is 0 Å². The number of nitrogens with zero attached hydrogens (tertiary/aromatic N) is 2. The molecule has 0 N–H and O–H groups in total. The third-order valence-electron chi connectivity index (χ3n) is 1.72. The molecule has 0 spiro atoms. The lowest BCUT2D eigenvalue weighted by Gasteiger charge is -2.16. The van der Waals surface area contributed by atoms with Crippen molar-refractivity contribution in [2.75, 3.05) is 53.2 Å². The summed E-state index contributed by atoms with van der Waals surface area (Å²) in [5.74, 6) is 0. The van der Waals surface area contributed by atoms with E-state index in [9.17, 15) is 0 Å². The van der Waals surface area contributed by atoms with Crippen LogP contribution in [0.5, 0.6) is 0 Å². The van der Waals surface area contributed by atoms with Gasteiger partial charge in [-0.1, -0.05) is 0 Å². The monoisotopic (exact) mass is 428 g/mol. The molecule has 0 aliphatic heterocycles. The molecule has 0 aromatic rings. The molecule has 0 aliphatic rings. The Kier molecular flexibility index (Phi) is 14.4. The topological polar surface area (TPSA) is 6.48 Å². The van der Waals surface area contributed by atoms with Crippen molar-refractivity contribution in [1.29, 1.82) is 0 Å². The smallest absolute Gasteiger partial charge is 0.0864 e. The van der Waals surface area contributed by atoms with Crippen molar-refractivity contribution in [3.8, 4) is 0 Å². The molecule has 0 amide bonds. The standard InChI is InChI=1S/C10H24N2S8/c1-11(2)9(19(5)6)13-15-17-18-16-14-10(12(3)4)20(7)8/h1-8H3. The fraction of sp³-hybridized carbons (Fsp3) is 0.800. The molecule has 0 aromatic heterocycles. The average molecular weight is 429 g/mol. The van der Waals surface area contributed by atoms with E-state index in [1.807, 2.05) is 60.9 Å². The average Bonchev–Trinajstić information content (AvgIpc) is 2.30. The lowest BCUT2D eigenvalue weighted by atomic mass is 11.0. The molecule has 0 heterocycles. The van der Waals surface area contributed by atoms with Gasteiger partial charge in [-0.05, 0) is 114 Å². The van der Waals surface area contributed by atoms with E-state index in [4.69, 9.17) is 0 Å². The van der Waals surface area contributed by atoms with E-state index < -0.39 is 0 Å². The summed E-state index contributed by atoms with van der Waals surface area (Å²) in [7, 11) is 20.3. The zero-order chi connectivity index (χ0) is 15.7. The van der Waals surface area contributed by atoms with Gasteiger partial charge in [0.1, 0.15) is 0 Å². The van der Waals surface area contributed by atoms with Gasteiger partial charge in [0.2, 0.25) is 0 Å². The van der Waals surface area contributed by atoms with E-state index in [1.165, 1.54) is 8.64 Å². The van der Waals surface area contributed by atoms with Crippen molar-refractivity contribution in [3.05, 3.63) is 0 Å². The second-order valence-electron chi connectivity index (χ2n) is 4.39. The molecule has 0 radical (unpaired) electrons. The van der Waals surface area contributed by atoms with Crippen molar-refractivity contribution in [3.63, 3.8) is 0 Å². The first kappa shape index (κ1) is 22.5. The molecular weight excluding hydrogens is 405 g/mol. The van der Waals surface area contributed by atoms with Gasteiger partial charge in [-0.15, -0.1) is 0 Å². The van der Waals surface area contributed by atoms with Crippen molar-refractivity contribution in [1.82, 2.24) is 9.80 Å². The highest BCUT2D eigenvalue weighted by molar-refractivity contribution is 9.43. The number of hydrogen-bond donors (Lipinski definition) is 0. The van der Waals surface area contributed by atoms with Gasteiger partial charge in [-0.3, -0.25) is 9.80 Å². The van der Waals surface area contributed by atoms with Gasteiger partial charge in [-0.2, -0.15) is 21.0 Å². The van der Waals surface area contributed by atoms with Gasteiger partial charge in [-0.25, -0.2) is 0 Å². The zero-order valence-corrected chi connectivity index (χ0v) is 19.7. The maximum atomic E-state index is 2.27. The van der Waals surface area contributed by atoms with Gasteiger partial charge < -0.3 is 0 Å². The molecule has 0 unspecified atom stereocenters. The normalized spacial score (nSPS) is 12.0. The van der Waals surface area contributed by atoms with Crippen LogP contribution in [0.3, 0.4) is 0 Å². The van der Waals surface area contributed by atoms with Crippen molar-refractivity contribution >= 4 is 90.5 Å². The molecule has 0 atom stereocenters. The van der Waals surface area contributed by atoms with Crippen LogP contribution >= 0.6 is 81.9 Å². The third-order valence-corrected chi connectivity index (χ3v) is 17.4. The first-order valence-electron chi connectivity index (χ1n) is 5.52. The van der Waals surface area contributed by atoms with Crippen LogP contribution in [-0.2, 0) is 0 Å². The van der Waals surface area contributed by atoms with E-state index in [2.05, 4.69) is 63.0 Å². The maximum absolute atomic E-state index is 2.27. The molecule has 0 aliphatic carbocycles. The first-order chi connectivity index (χ1) is 9.27. The van der Waals surface area contributed by atoms with Crippen molar-refractivity contribution in [2.24, 2.45) is 0 Å². The summed E-state index contributed by atoms with van der Waals surface area (Å²) in [6, 6.07) is 0. The highest BCUT2D eigenvalue weighted by atomic mass is 33.9. The summed E-state index contributed by atoms with van der Waals surface area (Å²) >= 11 is 0. The second-order valence-corrected chi connectivity index (χ2v) is 18.1. The SMILES string of the molecule is CN(C)C(SSSSSSC(N(C)C)=S(C)C)=S(C)C. The largest absolute Gasteiger partial charge is 0.270 e. The Bertz CT molecular complexity index is 311. The summed E-state index contributed by atoms with van der Waals surface area (Å²) in [6.07, 6.45) is 9.08. The minimum atomic E-state index is 0.330. The van der Waals surface area contributed by atoms with Crippen LogP contribution in [0, 0.1) is 0 Å². The van der Waals surface area contributed by atoms with Crippen LogP contribution in [0.25, 0.3) is 0 Å². The molecule has 20 heavy (non-hydrogen) atoms. The Morgan fingerprint density at radius 1 is 0.600 bits per heavy atom. The van der Waals surface area contributed by atoms with Crippen LogP contribution in [0.4, 0.5) is 0 Å². The fourth-order valence-corrected chi connectivity index (χ4v) is 18.0. The number of hydrogen-bond acceptors (Lipinski definition) is 6. The molecule has 0 rings (SSSR count). The highest BCUT2D eigenvalue weighted by Crippen LogP contribution is 2.53. The van der Waals surface area contributed by atoms with Crippen molar-refractivity contribution < 1.29 is 0 Å². The van der Waals surface area contributed by atoms with E-state index in [-0.39, 0.29) is 0 Å². The molecule has 0 saturated carbocycles. The molecule has 2 nitrogen and oxygen atoms in total. The Labute approximate surface area is 152 Å². The van der Waals surface area contributed by atoms with Gasteiger partial charge in [0, 0.05) is 0 Å². The first-order valence-corrected chi connectivity index (χ1v) is 17.1. The van der Waals surface area contributed by atoms with Gasteiger partial charge >= 0.3 is 0 Å². The van der Waals surface area contributed by atoms with Crippen LogP contribution in [-0.4, -0.2) is 71.7 Å². The lowest BCUT2D eigenvalue weighted by molar-refractivity contribution is 0.648. The predicted molar refractivity (Wildman–Crippen MR) is 122 cm³/mol. The minimum absolute atomic E-state index is 0.330. The predicted octanol–water partition coefficient (Wildman–Crippen LogP) is 5.32. The summed E-state index contributed by atoms with van der Waals surface area (Å²) in [5.41, 5.74) is 0. The Morgan fingerprint density at radius 2 is 0.900 bits per heavy atom. The summed E-state index contributed by atoms with van der Waals surface area (Å²) in [6.45, 7) is 0. The molecule has 0 aromatic carbocycles. The molecule has 122 valence electrons. The Hall–Kier alpha value is 2.46. The Balaban J connectivity index is 3.95. The van der Waals surface area contributed by atoms with E-state index in [0.29, 0.717) is 21.0 Å². The quantitative estimate of drug-likeness (QED) is 0.326. The lowest BCUT2D eigenvalue weighted by Crippen LogP contribution is -2.17. The summed E-state index contributed by atoms with van der Waals surface area (Å²) < 4.78 is 2.90. The number of rotatable bonds is 5. The molecule has 0 bridgehead atoms. The Morgan fingerprint density at radius 3 is 1.10 bits per heavy atom. The van der Waals surface area contributed by atoms with E-state index in [1.54, 1.807) is 0 Å². The summed E-state index contributed by atoms with van der Waals surface area (Å²) in [4.78, 5) is 4.46. The van der Waals surface area contributed by atoms with Crippen LogP contribution in [0.1, 0.15) is 0 Å². The summed E-state index contributed by atoms with van der Waals surface area (Å²) in [5, 5.41) is 0. The van der Waals surface area contributed by atoms with Gasteiger partial charge in [0.05, 0.1) is 8.64 Å². The highest BCUT2D eigenvalue weighted by Gasteiger charge is 2.07. The molecule has 0 fully saturated rings.